The third-order valence-corrected chi connectivity index (χ3v) is 3.32. The first-order valence-electron chi connectivity index (χ1n) is 7.20. The van der Waals surface area contributed by atoms with E-state index in [1.54, 1.807) is 13.1 Å². The molecule has 112 valence electrons. The van der Waals surface area contributed by atoms with Crippen molar-refractivity contribution >= 4 is 5.96 Å². The summed E-state index contributed by atoms with van der Waals surface area (Å²) in [6.45, 7) is 3.42. The Kier molecular flexibility index (Phi) is 5.56. The van der Waals surface area contributed by atoms with Crippen LogP contribution in [0.4, 0.5) is 0 Å². The van der Waals surface area contributed by atoms with Crippen molar-refractivity contribution in [2.24, 2.45) is 4.99 Å². The van der Waals surface area contributed by atoms with Gasteiger partial charge in [-0.15, -0.1) is 0 Å². The molecule has 4 nitrogen and oxygen atoms in total. The lowest BCUT2D eigenvalue weighted by molar-refractivity contribution is 0.809. The quantitative estimate of drug-likeness (QED) is 0.673. The van der Waals surface area contributed by atoms with Gasteiger partial charge in [0, 0.05) is 20.1 Å². The van der Waals surface area contributed by atoms with E-state index in [2.05, 4.69) is 52.9 Å². The highest BCUT2D eigenvalue weighted by Crippen LogP contribution is 2.04. The minimum absolute atomic E-state index is 0.628. The van der Waals surface area contributed by atoms with Crippen molar-refractivity contribution in [2.75, 3.05) is 7.05 Å². The molecule has 0 aliphatic rings. The fourth-order valence-electron chi connectivity index (χ4n) is 2.05. The van der Waals surface area contributed by atoms with E-state index in [0.717, 1.165) is 18.1 Å². The Morgan fingerprint density at radius 2 is 1.73 bits per heavy atom. The fourth-order valence-corrected chi connectivity index (χ4v) is 2.05. The smallest absolute Gasteiger partial charge is 0.191 e. The Bertz CT molecular complexity index is 681. The van der Waals surface area contributed by atoms with Crippen LogP contribution >= 0.6 is 0 Å². The monoisotopic (exact) mass is 292 g/mol. The summed E-state index contributed by atoms with van der Waals surface area (Å²) in [7, 11) is 1.75. The SMILES string of the molecule is CN=C(NCc1ccc(C)cc1)NCc1cccc(C#N)c1. The lowest BCUT2D eigenvalue weighted by Crippen LogP contribution is -2.36. The summed E-state index contributed by atoms with van der Waals surface area (Å²) in [4.78, 5) is 4.21. The standard InChI is InChI=1S/C18H20N4/c1-14-6-8-15(9-7-14)12-21-18(20-2)22-13-17-5-3-4-16(10-17)11-19/h3-10H,12-13H2,1-2H3,(H2,20,21,22). The van der Waals surface area contributed by atoms with Crippen LogP contribution in [0.25, 0.3) is 0 Å². The van der Waals surface area contributed by atoms with Gasteiger partial charge in [0.2, 0.25) is 0 Å². The molecule has 0 amide bonds. The van der Waals surface area contributed by atoms with Crippen LogP contribution in [-0.4, -0.2) is 13.0 Å². The van der Waals surface area contributed by atoms with Crippen LogP contribution in [0.15, 0.2) is 53.5 Å². The lowest BCUT2D eigenvalue weighted by Gasteiger charge is -2.12. The Morgan fingerprint density at radius 1 is 1.05 bits per heavy atom. The molecule has 0 saturated carbocycles. The molecule has 0 fully saturated rings. The maximum absolute atomic E-state index is 8.91. The maximum Gasteiger partial charge on any atom is 0.191 e. The molecule has 2 aromatic rings. The van der Waals surface area contributed by atoms with Crippen LogP contribution in [0.5, 0.6) is 0 Å². The summed E-state index contributed by atoms with van der Waals surface area (Å²) in [6.07, 6.45) is 0. The van der Waals surface area contributed by atoms with Crippen LogP contribution in [0.3, 0.4) is 0 Å². The molecule has 0 radical (unpaired) electrons. The number of nitrogens with zero attached hydrogens (tertiary/aromatic N) is 2. The molecule has 0 aliphatic heterocycles. The summed E-state index contributed by atoms with van der Waals surface area (Å²) in [5.41, 5.74) is 4.18. The fraction of sp³-hybridized carbons (Fsp3) is 0.222. The highest BCUT2D eigenvalue weighted by molar-refractivity contribution is 5.79. The first kappa shape index (κ1) is 15.6. The molecule has 0 atom stereocenters. The van der Waals surface area contributed by atoms with E-state index in [0.29, 0.717) is 12.1 Å². The molecule has 0 bridgehead atoms. The molecule has 0 aliphatic carbocycles. The van der Waals surface area contributed by atoms with E-state index < -0.39 is 0 Å². The average Bonchev–Trinajstić information content (AvgIpc) is 2.57. The van der Waals surface area contributed by atoms with Crippen molar-refractivity contribution in [3.05, 3.63) is 70.8 Å². The second kappa shape index (κ2) is 7.84. The summed E-state index contributed by atoms with van der Waals surface area (Å²) in [5, 5.41) is 15.4. The van der Waals surface area contributed by atoms with E-state index >= 15 is 0 Å². The Balaban J connectivity index is 1.87. The molecular formula is C18H20N4. The van der Waals surface area contributed by atoms with Gasteiger partial charge in [-0.1, -0.05) is 42.0 Å². The van der Waals surface area contributed by atoms with E-state index in [1.807, 2.05) is 18.2 Å². The van der Waals surface area contributed by atoms with Crippen LogP contribution in [-0.2, 0) is 13.1 Å². The number of hydrogen-bond donors (Lipinski definition) is 2. The molecule has 2 rings (SSSR count). The summed E-state index contributed by atoms with van der Waals surface area (Å²) >= 11 is 0. The van der Waals surface area contributed by atoms with Crippen molar-refractivity contribution in [3.63, 3.8) is 0 Å². The second-order valence-corrected chi connectivity index (χ2v) is 5.08. The van der Waals surface area contributed by atoms with Gasteiger partial charge in [-0.3, -0.25) is 4.99 Å². The molecule has 4 heteroatoms. The number of benzene rings is 2. The number of guanidine groups is 1. The van der Waals surface area contributed by atoms with Crippen LogP contribution in [0, 0.1) is 18.3 Å². The van der Waals surface area contributed by atoms with Crippen LogP contribution < -0.4 is 10.6 Å². The van der Waals surface area contributed by atoms with Crippen molar-refractivity contribution in [1.29, 1.82) is 5.26 Å². The van der Waals surface area contributed by atoms with Crippen molar-refractivity contribution in [3.8, 4) is 6.07 Å². The van der Waals surface area contributed by atoms with Gasteiger partial charge in [-0.2, -0.15) is 5.26 Å². The van der Waals surface area contributed by atoms with Gasteiger partial charge in [0.15, 0.2) is 5.96 Å². The zero-order valence-electron chi connectivity index (χ0n) is 12.9. The molecule has 0 saturated heterocycles. The number of aryl methyl sites for hydroxylation is 1. The number of rotatable bonds is 4. The van der Waals surface area contributed by atoms with Crippen molar-refractivity contribution in [1.82, 2.24) is 10.6 Å². The summed E-state index contributed by atoms with van der Waals surface area (Å²) in [6, 6.07) is 18.1. The molecule has 22 heavy (non-hydrogen) atoms. The molecule has 2 aromatic carbocycles. The van der Waals surface area contributed by atoms with Gasteiger partial charge in [0.25, 0.3) is 0 Å². The van der Waals surface area contributed by atoms with Crippen molar-refractivity contribution < 1.29 is 0 Å². The Labute approximate surface area is 131 Å². The van der Waals surface area contributed by atoms with Crippen LogP contribution in [0.1, 0.15) is 22.3 Å². The highest BCUT2D eigenvalue weighted by Gasteiger charge is 2.00. The molecule has 0 spiro atoms. The third kappa shape index (κ3) is 4.64. The van der Waals surface area contributed by atoms with E-state index in [4.69, 9.17) is 5.26 Å². The molecule has 0 unspecified atom stereocenters. The van der Waals surface area contributed by atoms with Crippen molar-refractivity contribution in [2.45, 2.75) is 20.0 Å². The first-order valence-corrected chi connectivity index (χ1v) is 7.20. The van der Waals surface area contributed by atoms with Gasteiger partial charge in [-0.25, -0.2) is 0 Å². The van der Waals surface area contributed by atoms with E-state index in [9.17, 15) is 0 Å². The zero-order chi connectivity index (χ0) is 15.8. The number of nitriles is 1. The number of nitrogens with one attached hydrogen (secondary N) is 2. The predicted octanol–water partition coefficient (Wildman–Crippen LogP) is 2.73. The van der Waals surface area contributed by atoms with Gasteiger partial charge < -0.3 is 10.6 Å². The summed E-state index contributed by atoms with van der Waals surface area (Å²) in [5.74, 6) is 0.739. The molecule has 0 aromatic heterocycles. The predicted molar refractivity (Wildman–Crippen MR) is 89.4 cm³/mol. The normalized spacial score (nSPS) is 10.9. The molecule has 2 N–H and O–H groups in total. The third-order valence-electron chi connectivity index (χ3n) is 3.32. The lowest BCUT2D eigenvalue weighted by atomic mass is 10.1. The number of hydrogen-bond acceptors (Lipinski definition) is 2. The van der Waals surface area contributed by atoms with E-state index in [-0.39, 0.29) is 0 Å². The zero-order valence-corrected chi connectivity index (χ0v) is 12.9. The minimum Gasteiger partial charge on any atom is -0.352 e. The average molecular weight is 292 g/mol. The van der Waals surface area contributed by atoms with Gasteiger partial charge in [-0.05, 0) is 30.2 Å². The molecule has 0 heterocycles. The summed E-state index contributed by atoms with van der Waals surface area (Å²) < 4.78 is 0. The topological polar surface area (TPSA) is 60.2 Å². The highest BCUT2D eigenvalue weighted by atomic mass is 15.2. The van der Waals surface area contributed by atoms with Crippen LogP contribution in [0.2, 0.25) is 0 Å². The molecular weight excluding hydrogens is 272 g/mol. The van der Waals surface area contributed by atoms with Gasteiger partial charge in [0.05, 0.1) is 11.6 Å². The van der Waals surface area contributed by atoms with Gasteiger partial charge >= 0.3 is 0 Å². The second-order valence-electron chi connectivity index (χ2n) is 5.08. The minimum atomic E-state index is 0.628. The number of aliphatic imine (C=N–C) groups is 1. The maximum atomic E-state index is 8.91. The van der Waals surface area contributed by atoms with Gasteiger partial charge in [0.1, 0.15) is 0 Å². The first-order chi connectivity index (χ1) is 10.7. The Morgan fingerprint density at radius 3 is 2.36 bits per heavy atom. The largest absolute Gasteiger partial charge is 0.352 e. The Hall–Kier alpha value is -2.80. The van der Waals surface area contributed by atoms with E-state index in [1.165, 1.54) is 11.1 Å².